The first kappa shape index (κ1) is 13.5. The molecule has 1 amide bonds. The molecule has 2 rings (SSSR count). The predicted molar refractivity (Wildman–Crippen MR) is 71.3 cm³/mol. The Kier molecular flexibility index (Phi) is 4.46. The van der Waals surface area contributed by atoms with Crippen molar-refractivity contribution < 1.29 is 4.79 Å². The smallest absolute Gasteiger partial charge is 0.221 e. The zero-order valence-corrected chi connectivity index (χ0v) is 11.3. The maximum atomic E-state index is 11.3. The first-order chi connectivity index (χ1) is 9.19. The summed E-state index contributed by atoms with van der Waals surface area (Å²) >= 11 is 5.81. The van der Waals surface area contributed by atoms with Gasteiger partial charge in [-0.25, -0.2) is 0 Å². The lowest BCUT2D eigenvalue weighted by atomic mass is 10.2. The number of carbonyl (C=O) groups is 1. The van der Waals surface area contributed by atoms with E-state index in [4.69, 9.17) is 11.6 Å². The van der Waals surface area contributed by atoms with Crippen LogP contribution in [-0.4, -0.2) is 26.1 Å². The Hall–Kier alpha value is -1.95. The van der Waals surface area contributed by atoms with Crippen LogP contribution in [0.4, 0.5) is 0 Å². The second-order valence-electron chi connectivity index (χ2n) is 4.00. The zero-order chi connectivity index (χ0) is 13.7. The number of hydrogen-bond donors (Lipinski definition) is 1. The maximum Gasteiger partial charge on any atom is 0.221 e. The summed E-state index contributed by atoms with van der Waals surface area (Å²) < 4.78 is 0. The number of hydrogen-bond acceptors (Lipinski definition) is 4. The summed E-state index contributed by atoms with van der Waals surface area (Å²) in [5.41, 5.74) is 0.829. The van der Waals surface area contributed by atoms with Crippen molar-refractivity contribution >= 4 is 17.5 Å². The van der Waals surface area contributed by atoms with Crippen molar-refractivity contribution in [3.63, 3.8) is 0 Å². The highest BCUT2D eigenvalue weighted by Crippen LogP contribution is 2.16. The molecule has 0 atom stereocenters. The third-order valence-electron chi connectivity index (χ3n) is 2.45. The van der Waals surface area contributed by atoms with Gasteiger partial charge in [-0.2, -0.15) is 0 Å². The Bertz CT molecular complexity index is 552. The first-order valence-corrected chi connectivity index (χ1v) is 6.37. The number of nitrogens with zero attached hydrogens (tertiary/aromatic N) is 4. The van der Waals surface area contributed by atoms with Crippen LogP contribution >= 0.6 is 11.6 Å². The molecule has 1 heterocycles. The van der Waals surface area contributed by atoms with Crippen molar-refractivity contribution in [2.24, 2.45) is 0 Å². The fourth-order valence-electron chi connectivity index (χ4n) is 1.50. The number of carbonyl (C=O) groups excluding carboxylic acids is 1. The van der Waals surface area contributed by atoms with E-state index >= 15 is 0 Å². The van der Waals surface area contributed by atoms with Gasteiger partial charge in [0.2, 0.25) is 11.7 Å². The van der Waals surface area contributed by atoms with Crippen LogP contribution in [0.2, 0.25) is 5.02 Å². The van der Waals surface area contributed by atoms with Gasteiger partial charge in [0.1, 0.15) is 6.67 Å². The highest BCUT2D eigenvalue weighted by molar-refractivity contribution is 6.30. The van der Waals surface area contributed by atoms with E-state index in [0.29, 0.717) is 17.3 Å². The van der Waals surface area contributed by atoms with Crippen LogP contribution in [0.15, 0.2) is 24.3 Å². The van der Waals surface area contributed by atoms with Gasteiger partial charge in [-0.15, -0.1) is 15.0 Å². The third kappa shape index (κ3) is 3.75. The largest absolute Gasteiger partial charge is 0.335 e. The van der Waals surface area contributed by atoms with Crippen molar-refractivity contribution in [2.75, 3.05) is 0 Å². The van der Waals surface area contributed by atoms with E-state index in [1.807, 2.05) is 19.1 Å². The normalized spacial score (nSPS) is 10.4. The van der Waals surface area contributed by atoms with Crippen molar-refractivity contribution in [2.45, 2.75) is 26.4 Å². The van der Waals surface area contributed by atoms with Gasteiger partial charge >= 0.3 is 0 Å². The minimum absolute atomic E-state index is 0.0205. The fourth-order valence-corrected chi connectivity index (χ4v) is 1.63. The van der Waals surface area contributed by atoms with Crippen molar-refractivity contribution in [3.05, 3.63) is 29.3 Å². The fraction of sp³-hybridized carbons (Fsp3) is 0.333. The lowest BCUT2D eigenvalue weighted by Crippen LogP contribution is -2.26. The predicted octanol–water partition coefficient (Wildman–Crippen LogP) is 1.87. The summed E-state index contributed by atoms with van der Waals surface area (Å²) in [4.78, 5) is 12.7. The third-order valence-corrected chi connectivity index (χ3v) is 2.70. The van der Waals surface area contributed by atoms with Crippen LogP contribution in [0.1, 0.15) is 19.8 Å². The molecule has 100 valence electrons. The highest BCUT2D eigenvalue weighted by Gasteiger charge is 2.06. The second kappa shape index (κ2) is 6.29. The van der Waals surface area contributed by atoms with Gasteiger partial charge in [-0.05, 0) is 35.9 Å². The van der Waals surface area contributed by atoms with Crippen LogP contribution in [0.5, 0.6) is 0 Å². The Labute approximate surface area is 115 Å². The number of nitrogens with one attached hydrogen (secondary N) is 1. The minimum Gasteiger partial charge on any atom is -0.335 e. The summed E-state index contributed by atoms with van der Waals surface area (Å²) in [5.74, 6) is 0.481. The minimum atomic E-state index is -0.0205. The molecule has 2 aromatic rings. The molecule has 0 radical (unpaired) electrons. The monoisotopic (exact) mass is 279 g/mol. The van der Waals surface area contributed by atoms with E-state index in [2.05, 4.69) is 20.7 Å². The molecular weight excluding hydrogens is 266 g/mol. The molecule has 0 unspecified atom stereocenters. The van der Waals surface area contributed by atoms with E-state index in [1.165, 1.54) is 4.80 Å². The molecular formula is C12H14ClN5O. The molecule has 6 nitrogen and oxygen atoms in total. The number of rotatable bonds is 5. The molecule has 7 heteroatoms. The zero-order valence-electron chi connectivity index (χ0n) is 10.5. The molecule has 1 aromatic heterocycles. The quantitative estimate of drug-likeness (QED) is 0.907. The summed E-state index contributed by atoms with van der Waals surface area (Å²) in [5, 5.41) is 15.3. The average molecular weight is 280 g/mol. The molecule has 0 spiro atoms. The van der Waals surface area contributed by atoms with Crippen molar-refractivity contribution in [1.82, 2.24) is 25.5 Å². The van der Waals surface area contributed by atoms with Gasteiger partial charge in [-0.1, -0.05) is 18.5 Å². The lowest BCUT2D eigenvalue weighted by molar-refractivity contribution is -0.121. The molecule has 0 saturated carbocycles. The Balaban J connectivity index is 1.99. The van der Waals surface area contributed by atoms with Gasteiger partial charge in [-0.3, -0.25) is 4.79 Å². The molecule has 0 aliphatic carbocycles. The van der Waals surface area contributed by atoms with Gasteiger partial charge in [0.25, 0.3) is 0 Å². The first-order valence-electron chi connectivity index (χ1n) is 5.99. The molecule has 19 heavy (non-hydrogen) atoms. The number of benzene rings is 1. The average Bonchev–Trinajstić information content (AvgIpc) is 2.86. The molecule has 1 N–H and O–H groups in total. The van der Waals surface area contributed by atoms with E-state index in [0.717, 1.165) is 12.0 Å². The topological polar surface area (TPSA) is 72.7 Å². The SMILES string of the molecule is CCCC(=O)NCn1nnc(-c2ccc(Cl)cc2)n1. The van der Waals surface area contributed by atoms with E-state index in [-0.39, 0.29) is 12.6 Å². The molecule has 0 fully saturated rings. The number of aromatic nitrogens is 4. The van der Waals surface area contributed by atoms with Crippen LogP contribution in [-0.2, 0) is 11.5 Å². The Morgan fingerprint density at radius 1 is 1.37 bits per heavy atom. The van der Waals surface area contributed by atoms with Crippen LogP contribution < -0.4 is 5.32 Å². The molecule has 0 bridgehead atoms. The summed E-state index contributed by atoms with van der Waals surface area (Å²) in [7, 11) is 0. The molecule has 0 aliphatic heterocycles. The standard InChI is InChI=1S/C12H14ClN5O/c1-2-3-11(19)14-8-18-16-12(15-17-18)9-4-6-10(13)7-5-9/h4-7H,2-3,8H2,1H3,(H,14,19). The molecule has 1 aromatic carbocycles. The number of amides is 1. The van der Waals surface area contributed by atoms with Crippen LogP contribution in [0.3, 0.4) is 0 Å². The Morgan fingerprint density at radius 2 is 2.11 bits per heavy atom. The maximum absolute atomic E-state index is 11.3. The van der Waals surface area contributed by atoms with Crippen LogP contribution in [0.25, 0.3) is 11.4 Å². The summed E-state index contributed by atoms with van der Waals surface area (Å²) in [6.07, 6.45) is 1.31. The van der Waals surface area contributed by atoms with Crippen molar-refractivity contribution in [1.29, 1.82) is 0 Å². The molecule has 0 saturated heterocycles. The number of halogens is 1. The molecule has 0 aliphatic rings. The van der Waals surface area contributed by atoms with E-state index in [9.17, 15) is 4.79 Å². The summed E-state index contributed by atoms with van der Waals surface area (Å²) in [6, 6.07) is 7.17. The lowest BCUT2D eigenvalue weighted by Gasteiger charge is -2.01. The van der Waals surface area contributed by atoms with Gasteiger partial charge in [0, 0.05) is 17.0 Å². The van der Waals surface area contributed by atoms with Gasteiger partial charge in [0.05, 0.1) is 0 Å². The second-order valence-corrected chi connectivity index (χ2v) is 4.44. The van der Waals surface area contributed by atoms with Gasteiger partial charge < -0.3 is 5.32 Å². The highest BCUT2D eigenvalue weighted by atomic mass is 35.5. The number of tetrazole rings is 1. The van der Waals surface area contributed by atoms with E-state index in [1.54, 1.807) is 12.1 Å². The Morgan fingerprint density at radius 3 is 2.79 bits per heavy atom. The van der Waals surface area contributed by atoms with E-state index < -0.39 is 0 Å². The van der Waals surface area contributed by atoms with Crippen molar-refractivity contribution in [3.8, 4) is 11.4 Å². The van der Waals surface area contributed by atoms with Gasteiger partial charge in [0.15, 0.2) is 0 Å². The summed E-state index contributed by atoms with van der Waals surface area (Å²) in [6.45, 7) is 2.17. The van der Waals surface area contributed by atoms with Crippen LogP contribution in [0, 0.1) is 0 Å².